The van der Waals surface area contributed by atoms with Gasteiger partial charge in [0.15, 0.2) is 0 Å². The van der Waals surface area contributed by atoms with E-state index in [-0.39, 0.29) is 5.39 Å². The lowest BCUT2D eigenvalue weighted by atomic mass is 9.67. The van der Waals surface area contributed by atoms with Crippen molar-refractivity contribution in [3.63, 3.8) is 0 Å². The summed E-state index contributed by atoms with van der Waals surface area (Å²) in [6, 6.07) is 42.7. The number of hydrogen-bond donors (Lipinski definition) is 1. The molecular formula is C42H32F8O3. The molecule has 0 unspecified atom stereocenters. The molecule has 0 amide bonds. The normalized spacial score (nSPS) is 13.5. The lowest BCUT2D eigenvalue weighted by Crippen LogP contribution is -2.63. The van der Waals surface area contributed by atoms with Crippen LogP contribution in [0.2, 0.25) is 0 Å². The zero-order chi connectivity index (χ0) is 38.8. The molecule has 0 saturated heterocycles. The summed E-state index contributed by atoms with van der Waals surface area (Å²) in [7, 11) is 1.00. The van der Waals surface area contributed by atoms with E-state index in [1.807, 2.05) is 73.5 Å². The molecule has 7 rings (SSSR count). The number of carbonyl (C=O) groups excluding carboxylic acids is 1. The van der Waals surface area contributed by atoms with Crippen LogP contribution in [0.15, 0.2) is 140 Å². The minimum absolute atomic E-state index is 0.267. The zero-order valence-electron chi connectivity index (χ0n) is 28.3. The fourth-order valence-corrected chi connectivity index (χ4v) is 6.76. The van der Waals surface area contributed by atoms with E-state index in [9.17, 15) is 35.1 Å². The Morgan fingerprint density at radius 2 is 1.02 bits per heavy atom. The topological polar surface area (TPSA) is 46.5 Å². The Bertz CT molecular complexity index is 2160. The standard InChI is InChI=1S/C40H26F8O.CH4O.CH2O/c1-36(41,42)38(43,44)39(45,46)40(47,48)49-31-20-18-25-16-17-26(22-28(25)23-31)27-19-21-33-32-14-8-9-15-34(32)37(35(33)24-27,29-10-4-2-5-11-29)30-12-6-3-7-13-30;2*1-2/h2-24H,1H3;2H,1H3;1H2. The number of aliphatic hydroxyl groups is 1. The summed E-state index contributed by atoms with van der Waals surface area (Å²) in [6.07, 6.45) is -5.96. The number of aliphatic hydroxyl groups excluding tert-OH is 1. The first-order chi connectivity index (χ1) is 25.2. The molecule has 274 valence electrons. The van der Waals surface area contributed by atoms with Crippen molar-refractivity contribution in [1.29, 1.82) is 0 Å². The quantitative estimate of drug-likeness (QED) is 0.158. The molecule has 11 heteroatoms. The Morgan fingerprint density at radius 3 is 1.60 bits per heavy atom. The fraction of sp³-hybridized carbons (Fsp3) is 0.167. The van der Waals surface area contributed by atoms with Gasteiger partial charge in [0.2, 0.25) is 0 Å². The van der Waals surface area contributed by atoms with E-state index >= 15 is 0 Å². The third-order valence-corrected chi connectivity index (χ3v) is 9.16. The van der Waals surface area contributed by atoms with E-state index in [2.05, 4.69) is 47.2 Å². The Labute approximate surface area is 300 Å². The molecule has 1 aliphatic rings. The molecule has 6 aromatic carbocycles. The molecule has 0 spiro atoms. The first-order valence-corrected chi connectivity index (χ1v) is 16.0. The lowest BCUT2D eigenvalue weighted by Gasteiger charge is -2.34. The molecule has 3 nitrogen and oxygen atoms in total. The molecule has 53 heavy (non-hydrogen) atoms. The van der Waals surface area contributed by atoms with Gasteiger partial charge in [0.1, 0.15) is 12.5 Å². The van der Waals surface area contributed by atoms with Crippen LogP contribution in [0.1, 0.15) is 29.2 Å². The van der Waals surface area contributed by atoms with E-state index in [0.29, 0.717) is 10.9 Å². The Balaban J connectivity index is 0.00000131. The van der Waals surface area contributed by atoms with Crippen molar-refractivity contribution in [3.05, 3.63) is 162 Å². The van der Waals surface area contributed by atoms with E-state index in [0.717, 1.165) is 58.2 Å². The molecular weight excluding hydrogens is 704 g/mol. The number of rotatable bonds is 8. The van der Waals surface area contributed by atoms with Crippen molar-refractivity contribution in [2.24, 2.45) is 0 Å². The average Bonchev–Trinajstić information content (AvgIpc) is 3.46. The number of carbonyl (C=O) groups is 1. The second kappa shape index (κ2) is 14.5. The van der Waals surface area contributed by atoms with E-state index in [1.165, 1.54) is 6.07 Å². The summed E-state index contributed by atoms with van der Waals surface area (Å²) in [5, 5.41) is 7.77. The molecule has 0 aliphatic heterocycles. The number of alkyl halides is 8. The Hall–Kier alpha value is -5.55. The molecule has 0 aromatic heterocycles. The summed E-state index contributed by atoms with van der Waals surface area (Å²) < 4.78 is 115. The molecule has 1 aliphatic carbocycles. The number of ether oxygens (including phenoxy) is 1. The van der Waals surface area contributed by atoms with Crippen LogP contribution in [0.25, 0.3) is 33.0 Å². The maximum atomic E-state index is 14.5. The van der Waals surface area contributed by atoms with Gasteiger partial charge in [0, 0.05) is 14.0 Å². The lowest BCUT2D eigenvalue weighted by molar-refractivity contribution is -0.405. The maximum Gasteiger partial charge on any atom is 0.471 e. The highest BCUT2D eigenvalue weighted by atomic mass is 19.4. The van der Waals surface area contributed by atoms with Gasteiger partial charge < -0.3 is 14.6 Å². The average molecular weight is 737 g/mol. The van der Waals surface area contributed by atoms with E-state index in [1.54, 1.807) is 12.1 Å². The molecule has 0 radical (unpaired) electrons. The van der Waals surface area contributed by atoms with Crippen molar-refractivity contribution in [3.8, 4) is 28.0 Å². The largest absolute Gasteiger partial charge is 0.471 e. The van der Waals surface area contributed by atoms with Crippen LogP contribution in [0.5, 0.6) is 5.75 Å². The highest BCUT2D eigenvalue weighted by Gasteiger charge is 2.81. The van der Waals surface area contributed by atoms with Crippen LogP contribution in [-0.2, 0) is 10.2 Å². The van der Waals surface area contributed by atoms with Crippen molar-refractivity contribution >= 4 is 17.6 Å². The molecule has 0 saturated carbocycles. The SMILES string of the molecule is C=O.CC(F)(F)C(F)(F)C(F)(F)C(F)(F)Oc1ccc2ccc(-c3ccc4c(c3)C(c3ccccc3)(c3ccccc3)c3ccccc3-4)cc2c1.CO. The van der Waals surface area contributed by atoms with E-state index < -0.39 is 42.0 Å². The summed E-state index contributed by atoms with van der Waals surface area (Å²) in [4.78, 5) is 8.00. The highest BCUT2D eigenvalue weighted by molar-refractivity contribution is 5.91. The van der Waals surface area contributed by atoms with Crippen LogP contribution in [0.3, 0.4) is 0 Å². The first-order valence-electron chi connectivity index (χ1n) is 16.0. The van der Waals surface area contributed by atoms with Crippen molar-refractivity contribution in [2.75, 3.05) is 7.11 Å². The summed E-state index contributed by atoms with van der Waals surface area (Å²) in [5.74, 6) is -19.3. The fourth-order valence-electron chi connectivity index (χ4n) is 6.76. The van der Waals surface area contributed by atoms with E-state index in [4.69, 9.17) is 9.90 Å². The smallest absolute Gasteiger partial charge is 0.428 e. The van der Waals surface area contributed by atoms with Crippen molar-refractivity contribution in [2.45, 2.75) is 36.2 Å². The molecule has 0 heterocycles. The summed E-state index contributed by atoms with van der Waals surface area (Å²) >= 11 is 0. The Morgan fingerprint density at radius 1 is 0.528 bits per heavy atom. The summed E-state index contributed by atoms with van der Waals surface area (Å²) in [6.45, 7) is 1.44. The third kappa shape index (κ3) is 6.33. The van der Waals surface area contributed by atoms with Gasteiger partial charge in [-0.05, 0) is 79.5 Å². The van der Waals surface area contributed by atoms with Gasteiger partial charge in [-0.3, -0.25) is 0 Å². The van der Waals surface area contributed by atoms with Gasteiger partial charge >= 0.3 is 23.9 Å². The molecule has 6 aromatic rings. The first kappa shape index (κ1) is 38.7. The Kier molecular flexibility index (Phi) is 10.6. The molecule has 0 atom stereocenters. The monoisotopic (exact) mass is 736 g/mol. The second-order valence-corrected chi connectivity index (χ2v) is 12.2. The van der Waals surface area contributed by atoms with Gasteiger partial charge in [-0.25, -0.2) is 0 Å². The van der Waals surface area contributed by atoms with Crippen LogP contribution < -0.4 is 4.74 Å². The van der Waals surface area contributed by atoms with Crippen LogP contribution in [-0.4, -0.2) is 42.9 Å². The van der Waals surface area contributed by atoms with Gasteiger partial charge in [0.05, 0.1) is 5.41 Å². The van der Waals surface area contributed by atoms with Gasteiger partial charge in [0.25, 0.3) is 0 Å². The van der Waals surface area contributed by atoms with Gasteiger partial charge in [-0.2, -0.15) is 35.1 Å². The second-order valence-electron chi connectivity index (χ2n) is 12.2. The maximum absolute atomic E-state index is 14.5. The van der Waals surface area contributed by atoms with Crippen molar-refractivity contribution < 1.29 is 49.8 Å². The number of halogens is 8. The minimum Gasteiger partial charge on any atom is -0.428 e. The molecule has 0 bridgehead atoms. The van der Waals surface area contributed by atoms with Gasteiger partial charge in [-0.1, -0.05) is 115 Å². The van der Waals surface area contributed by atoms with Crippen LogP contribution in [0.4, 0.5) is 35.1 Å². The third-order valence-electron chi connectivity index (χ3n) is 9.16. The van der Waals surface area contributed by atoms with Crippen molar-refractivity contribution in [1.82, 2.24) is 0 Å². The summed E-state index contributed by atoms with van der Waals surface area (Å²) in [5.41, 5.74) is 7.03. The number of hydrogen-bond acceptors (Lipinski definition) is 3. The predicted octanol–water partition coefficient (Wildman–Crippen LogP) is 11.2. The minimum atomic E-state index is -6.53. The molecule has 1 N–H and O–H groups in total. The van der Waals surface area contributed by atoms with Crippen LogP contribution >= 0.6 is 0 Å². The zero-order valence-corrected chi connectivity index (χ0v) is 28.3. The van der Waals surface area contributed by atoms with Gasteiger partial charge in [-0.15, -0.1) is 0 Å². The van der Waals surface area contributed by atoms with Crippen LogP contribution in [0, 0.1) is 0 Å². The number of benzene rings is 6. The molecule has 0 fully saturated rings. The highest BCUT2D eigenvalue weighted by Crippen LogP contribution is 2.57. The number of fused-ring (bicyclic) bond motifs is 4. The predicted molar refractivity (Wildman–Crippen MR) is 188 cm³/mol.